The molecule has 0 spiro atoms. The quantitative estimate of drug-likeness (QED) is 0.888. The zero-order valence-electron chi connectivity index (χ0n) is 11.6. The minimum Gasteiger partial charge on any atom is -0.373 e. The van der Waals surface area contributed by atoms with Gasteiger partial charge in [-0.2, -0.15) is 4.31 Å². The molecule has 2 rings (SSSR count). The largest absolute Gasteiger partial charge is 0.373 e. The van der Waals surface area contributed by atoms with Crippen molar-refractivity contribution >= 4 is 26.0 Å². The molecule has 1 fully saturated rings. The molecule has 20 heavy (non-hydrogen) atoms. The molecule has 1 aliphatic rings. The topological polar surface area (TPSA) is 72.6 Å². The molecule has 1 aliphatic heterocycles. The molecule has 0 radical (unpaired) electrons. The summed E-state index contributed by atoms with van der Waals surface area (Å²) in [6.07, 6.45) is 0. The first-order valence-corrected chi connectivity index (χ1v) is 8.62. The maximum absolute atomic E-state index is 12.8. The summed E-state index contributed by atoms with van der Waals surface area (Å²) in [5.74, 6) is 0. The van der Waals surface area contributed by atoms with Crippen LogP contribution in [0.1, 0.15) is 19.4 Å². The van der Waals surface area contributed by atoms with Crippen LogP contribution >= 0.6 is 15.9 Å². The molecule has 0 saturated carbocycles. The Labute approximate surface area is 128 Å². The Hall–Kier alpha value is -0.470. The van der Waals surface area contributed by atoms with Crippen molar-refractivity contribution in [2.45, 2.75) is 30.9 Å². The number of sulfonamides is 1. The second kappa shape index (κ2) is 5.73. The first-order chi connectivity index (χ1) is 9.26. The minimum atomic E-state index is -3.55. The van der Waals surface area contributed by atoms with Crippen molar-refractivity contribution in [3.05, 3.63) is 28.2 Å². The van der Waals surface area contributed by atoms with Crippen LogP contribution in [0.2, 0.25) is 0 Å². The van der Waals surface area contributed by atoms with Crippen LogP contribution in [0, 0.1) is 0 Å². The molecule has 0 aliphatic carbocycles. The number of nitrogens with zero attached hydrogens (tertiary/aromatic N) is 1. The summed E-state index contributed by atoms with van der Waals surface area (Å²) in [6, 6.07) is 5.16. The Morgan fingerprint density at radius 1 is 1.45 bits per heavy atom. The fourth-order valence-corrected chi connectivity index (χ4v) is 4.74. The number of ether oxygens (including phenoxy) is 1. The van der Waals surface area contributed by atoms with Crippen molar-refractivity contribution in [2.75, 3.05) is 19.7 Å². The number of halogens is 1. The highest BCUT2D eigenvalue weighted by atomic mass is 79.9. The van der Waals surface area contributed by atoms with Gasteiger partial charge in [0.1, 0.15) is 0 Å². The van der Waals surface area contributed by atoms with Gasteiger partial charge in [-0.1, -0.05) is 6.07 Å². The van der Waals surface area contributed by atoms with Gasteiger partial charge in [0.05, 0.1) is 17.1 Å². The normalized spacial score (nSPS) is 20.0. The molecule has 1 saturated heterocycles. The lowest BCUT2D eigenvalue weighted by Crippen LogP contribution is -2.50. The summed E-state index contributed by atoms with van der Waals surface area (Å²) >= 11 is 3.31. The van der Waals surface area contributed by atoms with E-state index in [0.717, 1.165) is 5.56 Å². The van der Waals surface area contributed by atoms with Crippen molar-refractivity contribution in [2.24, 2.45) is 5.73 Å². The standard InChI is InChI=1S/C13H19BrN2O3S/c1-13(2)9-16(5-6-19-13)20(17,18)12-7-10(8-15)3-4-11(12)14/h3-4,7H,5-6,8-9,15H2,1-2H3. The fraction of sp³-hybridized carbons (Fsp3) is 0.538. The second-order valence-corrected chi connectivity index (χ2v) is 8.18. The lowest BCUT2D eigenvalue weighted by Gasteiger charge is -2.37. The van der Waals surface area contributed by atoms with Gasteiger partial charge in [-0.3, -0.25) is 0 Å². The maximum atomic E-state index is 12.8. The molecule has 7 heteroatoms. The zero-order chi connectivity index (χ0) is 15.0. The van der Waals surface area contributed by atoms with Gasteiger partial charge in [0.25, 0.3) is 0 Å². The van der Waals surface area contributed by atoms with Crippen LogP contribution in [0.5, 0.6) is 0 Å². The molecule has 112 valence electrons. The lowest BCUT2D eigenvalue weighted by atomic mass is 10.1. The van der Waals surface area contributed by atoms with Gasteiger partial charge in [-0.05, 0) is 47.5 Å². The Morgan fingerprint density at radius 2 is 2.15 bits per heavy atom. The molecular weight excluding hydrogens is 344 g/mol. The SMILES string of the molecule is CC1(C)CN(S(=O)(=O)c2cc(CN)ccc2Br)CCO1. The third-order valence-corrected chi connectivity index (χ3v) is 6.08. The van der Waals surface area contributed by atoms with Gasteiger partial charge < -0.3 is 10.5 Å². The van der Waals surface area contributed by atoms with Crippen molar-refractivity contribution in [1.29, 1.82) is 0 Å². The van der Waals surface area contributed by atoms with E-state index < -0.39 is 15.6 Å². The molecule has 0 aromatic heterocycles. The van der Waals surface area contributed by atoms with Gasteiger partial charge in [-0.25, -0.2) is 8.42 Å². The fourth-order valence-electron chi connectivity index (χ4n) is 2.19. The third-order valence-electron chi connectivity index (χ3n) is 3.24. The maximum Gasteiger partial charge on any atom is 0.244 e. The van der Waals surface area contributed by atoms with Crippen LogP contribution in [0.15, 0.2) is 27.6 Å². The number of hydrogen-bond acceptors (Lipinski definition) is 4. The van der Waals surface area contributed by atoms with Crippen molar-refractivity contribution in [1.82, 2.24) is 4.31 Å². The predicted octanol–water partition coefficient (Wildman–Crippen LogP) is 1.71. The molecule has 0 bridgehead atoms. The van der Waals surface area contributed by atoms with Gasteiger partial charge in [-0.15, -0.1) is 0 Å². The molecule has 1 heterocycles. The van der Waals surface area contributed by atoms with Gasteiger partial charge in [0.2, 0.25) is 10.0 Å². The van der Waals surface area contributed by atoms with Crippen molar-refractivity contribution in [3.63, 3.8) is 0 Å². The third kappa shape index (κ3) is 3.23. The zero-order valence-corrected chi connectivity index (χ0v) is 14.0. The molecular formula is C13H19BrN2O3S. The van der Waals surface area contributed by atoms with Crippen LogP contribution in [0.25, 0.3) is 0 Å². The average Bonchev–Trinajstić information content (AvgIpc) is 2.38. The number of benzene rings is 1. The Balaban J connectivity index is 2.40. The van der Waals surface area contributed by atoms with E-state index in [1.165, 1.54) is 4.31 Å². The van der Waals surface area contributed by atoms with E-state index in [-0.39, 0.29) is 4.90 Å². The molecule has 2 N–H and O–H groups in total. The van der Waals surface area contributed by atoms with Gasteiger partial charge in [0.15, 0.2) is 0 Å². The van der Waals surface area contributed by atoms with E-state index in [2.05, 4.69) is 15.9 Å². The van der Waals surface area contributed by atoms with Crippen LogP contribution in [-0.4, -0.2) is 38.0 Å². The van der Waals surface area contributed by atoms with E-state index in [9.17, 15) is 8.42 Å². The summed E-state index contributed by atoms with van der Waals surface area (Å²) in [6.45, 7) is 5.20. The van der Waals surface area contributed by atoms with E-state index in [0.29, 0.717) is 30.7 Å². The summed E-state index contributed by atoms with van der Waals surface area (Å²) in [5.41, 5.74) is 5.91. The Morgan fingerprint density at radius 3 is 2.75 bits per heavy atom. The van der Waals surface area contributed by atoms with Crippen LogP contribution in [-0.2, 0) is 21.3 Å². The highest BCUT2D eigenvalue weighted by Gasteiger charge is 2.35. The highest BCUT2D eigenvalue weighted by Crippen LogP contribution is 2.29. The van der Waals surface area contributed by atoms with Crippen LogP contribution in [0.4, 0.5) is 0 Å². The van der Waals surface area contributed by atoms with E-state index in [1.807, 2.05) is 19.9 Å². The number of nitrogens with two attached hydrogens (primary N) is 1. The summed E-state index contributed by atoms with van der Waals surface area (Å²) in [4.78, 5) is 0.262. The lowest BCUT2D eigenvalue weighted by molar-refractivity contribution is -0.0640. The van der Waals surface area contributed by atoms with E-state index >= 15 is 0 Å². The van der Waals surface area contributed by atoms with Crippen molar-refractivity contribution in [3.8, 4) is 0 Å². The molecule has 0 atom stereocenters. The smallest absolute Gasteiger partial charge is 0.244 e. The number of morpholine rings is 1. The summed E-state index contributed by atoms with van der Waals surface area (Å²) in [5, 5.41) is 0. The van der Waals surface area contributed by atoms with Crippen molar-refractivity contribution < 1.29 is 13.2 Å². The second-order valence-electron chi connectivity index (χ2n) is 5.42. The average molecular weight is 363 g/mol. The van der Waals surface area contributed by atoms with Crippen LogP contribution < -0.4 is 5.73 Å². The highest BCUT2D eigenvalue weighted by molar-refractivity contribution is 9.10. The molecule has 1 aromatic carbocycles. The Kier molecular flexibility index (Phi) is 4.56. The molecule has 0 amide bonds. The van der Waals surface area contributed by atoms with E-state index in [4.69, 9.17) is 10.5 Å². The molecule has 1 aromatic rings. The monoisotopic (exact) mass is 362 g/mol. The first-order valence-electron chi connectivity index (χ1n) is 6.39. The molecule has 5 nitrogen and oxygen atoms in total. The Bertz CT molecular complexity index is 602. The van der Waals surface area contributed by atoms with Crippen LogP contribution in [0.3, 0.4) is 0 Å². The van der Waals surface area contributed by atoms with E-state index in [1.54, 1.807) is 12.1 Å². The summed E-state index contributed by atoms with van der Waals surface area (Å²) in [7, 11) is -3.55. The number of hydrogen-bond donors (Lipinski definition) is 1. The molecule has 0 unspecified atom stereocenters. The number of rotatable bonds is 3. The van der Waals surface area contributed by atoms with Gasteiger partial charge >= 0.3 is 0 Å². The van der Waals surface area contributed by atoms with Gasteiger partial charge in [0, 0.05) is 24.1 Å². The predicted molar refractivity (Wildman–Crippen MR) is 80.8 cm³/mol. The summed E-state index contributed by atoms with van der Waals surface area (Å²) < 4.78 is 33.1. The first kappa shape index (κ1) is 15.9. The minimum absolute atomic E-state index is 0.262.